The van der Waals surface area contributed by atoms with Crippen molar-refractivity contribution in [1.29, 1.82) is 0 Å². The number of esters is 1. The zero-order valence-corrected chi connectivity index (χ0v) is 15.4. The maximum atomic E-state index is 12.0. The fourth-order valence-corrected chi connectivity index (χ4v) is 3.31. The molecule has 2 aromatic rings. The highest BCUT2D eigenvalue weighted by Crippen LogP contribution is 2.25. The Morgan fingerprint density at radius 3 is 2.64 bits per heavy atom. The van der Waals surface area contributed by atoms with Crippen molar-refractivity contribution < 1.29 is 19.1 Å². The van der Waals surface area contributed by atoms with Gasteiger partial charge in [0.25, 0.3) is 0 Å². The number of carbonyl (C=O) groups excluding carboxylic acids is 2. The first-order valence-corrected chi connectivity index (χ1v) is 9.10. The van der Waals surface area contributed by atoms with Crippen molar-refractivity contribution in [3.63, 3.8) is 0 Å². The van der Waals surface area contributed by atoms with Crippen molar-refractivity contribution in [2.24, 2.45) is 0 Å². The Morgan fingerprint density at radius 1 is 1.20 bits per heavy atom. The highest BCUT2D eigenvalue weighted by atomic mass is 32.2. The molecule has 1 amide bonds. The summed E-state index contributed by atoms with van der Waals surface area (Å²) in [4.78, 5) is 23.3. The van der Waals surface area contributed by atoms with Gasteiger partial charge in [0, 0.05) is 19.3 Å². The summed E-state index contributed by atoms with van der Waals surface area (Å²) in [7, 11) is 2.95. The van der Waals surface area contributed by atoms with Gasteiger partial charge in [-0.1, -0.05) is 23.1 Å². The number of carbonyl (C=O) groups is 2. The van der Waals surface area contributed by atoms with Crippen LogP contribution in [-0.4, -0.2) is 55.2 Å². The van der Waals surface area contributed by atoms with Gasteiger partial charge in [0.2, 0.25) is 11.0 Å². The summed E-state index contributed by atoms with van der Waals surface area (Å²) in [5.41, 5.74) is 1.04. The number of ether oxygens (including phenoxy) is 2. The van der Waals surface area contributed by atoms with Crippen molar-refractivity contribution in [3.8, 4) is 0 Å². The minimum Gasteiger partial charge on any atom is -0.465 e. The molecule has 0 aliphatic rings. The molecule has 0 atom stereocenters. The summed E-state index contributed by atoms with van der Waals surface area (Å²) in [6.07, 6.45) is 0. The molecular formula is C15H18N4O4S2. The van der Waals surface area contributed by atoms with Gasteiger partial charge in [-0.05, 0) is 24.3 Å². The SMILES string of the molecule is COCCNc1nnc(SCC(=O)Nc2ccc(C(=O)OC)cc2)s1. The van der Waals surface area contributed by atoms with Crippen LogP contribution in [0.3, 0.4) is 0 Å². The molecule has 0 saturated heterocycles. The van der Waals surface area contributed by atoms with Gasteiger partial charge >= 0.3 is 5.97 Å². The van der Waals surface area contributed by atoms with Gasteiger partial charge in [0.1, 0.15) is 0 Å². The Bertz CT molecular complexity index is 706. The molecule has 0 aliphatic heterocycles. The van der Waals surface area contributed by atoms with E-state index in [4.69, 9.17) is 4.74 Å². The van der Waals surface area contributed by atoms with Gasteiger partial charge in [0.05, 0.1) is 25.0 Å². The smallest absolute Gasteiger partial charge is 0.337 e. The van der Waals surface area contributed by atoms with Crippen molar-refractivity contribution >= 4 is 45.8 Å². The maximum Gasteiger partial charge on any atom is 0.337 e. The Kier molecular flexibility index (Phi) is 7.64. The van der Waals surface area contributed by atoms with E-state index < -0.39 is 5.97 Å². The van der Waals surface area contributed by atoms with Crippen LogP contribution in [0.5, 0.6) is 0 Å². The molecule has 0 fully saturated rings. The predicted octanol–water partition coefficient (Wildman–Crippen LogP) is 2.11. The number of aromatic nitrogens is 2. The van der Waals surface area contributed by atoms with E-state index in [0.717, 1.165) is 0 Å². The molecule has 0 spiro atoms. The van der Waals surface area contributed by atoms with Gasteiger partial charge in [0.15, 0.2) is 4.34 Å². The Hall–Kier alpha value is -2.17. The first-order chi connectivity index (χ1) is 12.1. The van der Waals surface area contributed by atoms with E-state index >= 15 is 0 Å². The second-order valence-electron chi connectivity index (χ2n) is 4.70. The molecular weight excluding hydrogens is 364 g/mol. The molecule has 134 valence electrons. The lowest BCUT2D eigenvalue weighted by Crippen LogP contribution is -2.14. The summed E-state index contributed by atoms with van der Waals surface area (Å²) in [6, 6.07) is 6.49. The molecule has 8 nitrogen and oxygen atoms in total. The van der Waals surface area contributed by atoms with E-state index in [9.17, 15) is 9.59 Å². The predicted molar refractivity (Wildman–Crippen MR) is 97.4 cm³/mol. The molecule has 25 heavy (non-hydrogen) atoms. The molecule has 0 aliphatic carbocycles. The minimum atomic E-state index is -0.417. The molecule has 1 heterocycles. The number of rotatable bonds is 9. The maximum absolute atomic E-state index is 12.0. The summed E-state index contributed by atoms with van der Waals surface area (Å²) < 4.78 is 10.3. The van der Waals surface area contributed by atoms with Gasteiger partial charge in [-0.3, -0.25) is 4.79 Å². The highest BCUT2D eigenvalue weighted by Gasteiger charge is 2.09. The molecule has 0 unspecified atom stereocenters. The quantitative estimate of drug-likeness (QED) is 0.386. The lowest BCUT2D eigenvalue weighted by atomic mass is 10.2. The van der Waals surface area contributed by atoms with E-state index in [-0.39, 0.29) is 11.7 Å². The van der Waals surface area contributed by atoms with Crippen LogP contribution in [0.15, 0.2) is 28.6 Å². The molecule has 0 saturated carbocycles. The van der Waals surface area contributed by atoms with Crippen LogP contribution in [0, 0.1) is 0 Å². The van der Waals surface area contributed by atoms with Gasteiger partial charge in [-0.15, -0.1) is 10.2 Å². The first kappa shape index (κ1) is 19.2. The van der Waals surface area contributed by atoms with Crippen molar-refractivity contribution in [2.75, 3.05) is 43.8 Å². The van der Waals surface area contributed by atoms with Crippen molar-refractivity contribution in [3.05, 3.63) is 29.8 Å². The van der Waals surface area contributed by atoms with Crippen LogP contribution in [0.2, 0.25) is 0 Å². The fraction of sp³-hybridized carbons (Fsp3) is 0.333. The zero-order valence-electron chi connectivity index (χ0n) is 13.8. The lowest BCUT2D eigenvalue weighted by molar-refractivity contribution is -0.113. The van der Waals surface area contributed by atoms with E-state index in [1.54, 1.807) is 31.4 Å². The van der Waals surface area contributed by atoms with Crippen LogP contribution in [-0.2, 0) is 14.3 Å². The number of nitrogens with one attached hydrogen (secondary N) is 2. The zero-order chi connectivity index (χ0) is 18.1. The van der Waals surface area contributed by atoms with E-state index in [1.807, 2.05) is 0 Å². The summed E-state index contributed by atoms with van der Waals surface area (Å²) in [6.45, 7) is 1.23. The van der Waals surface area contributed by atoms with Crippen LogP contribution in [0.25, 0.3) is 0 Å². The third-order valence-corrected chi connectivity index (χ3v) is 4.92. The number of hydrogen-bond donors (Lipinski definition) is 2. The standard InChI is InChI=1S/C15H18N4O4S2/c1-22-8-7-16-14-18-19-15(25-14)24-9-12(20)17-11-5-3-10(4-6-11)13(21)23-2/h3-6H,7-9H2,1-2H3,(H,16,18)(H,17,20). The molecule has 2 rings (SSSR count). The fourth-order valence-electron chi connectivity index (χ4n) is 1.73. The molecule has 1 aromatic heterocycles. The van der Waals surface area contributed by atoms with Gasteiger partial charge < -0.3 is 20.1 Å². The second-order valence-corrected chi connectivity index (χ2v) is 6.90. The summed E-state index contributed by atoms with van der Waals surface area (Å²) in [5.74, 6) is -0.370. The molecule has 2 N–H and O–H groups in total. The molecule has 0 bridgehead atoms. The number of nitrogens with zero attached hydrogens (tertiary/aromatic N) is 2. The number of benzene rings is 1. The topological polar surface area (TPSA) is 102 Å². The Balaban J connectivity index is 1.77. The Morgan fingerprint density at radius 2 is 1.96 bits per heavy atom. The third kappa shape index (κ3) is 6.33. The van der Waals surface area contributed by atoms with Gasteiger partial charge in [-0.25, -0.2) is 4.79 Å². The number of hydrogen-bond acceptors (Lipinski definition) is 9. The van der Waals surface area contributed by atoms with Crippen LogP contribution < -0.4 is 10.6 Å². The summed E-state index contributed by atoms with van der Waals surface area (Å²) in [5, 5.41) is 14.5. The summed E-state index contributed by atoms with van der Waals surface area (Å²) >= 11 is 2.69. The van der Waals surface area contributed by atoms with Crippen LogP contribution >= 0.6 is 23.1 Å². The lowest BCUT2D eigenvalue weighted by Gasteiger charge is -2.05. The largest absolute Gasteiger partial charge is 0.465 e. The molecule has 10 heteroatoms. The third-order valence-electron chi connectivity index (χ3n) is 2.91. The first-order valence-electron chi connectivity index (χ1n) is 7.29. The number of anilines is 2. The van der Waals surface area contributed by atoms with Crippen molar-refractivity contribution in [1.82, 2.24) is 10.2 Å². The molecule has 0 radical (unpaired) electrons. The monoisotopic (exact) mass is 382 g/mol. The van der Waals surface area contributed by atoms with E-state index in [1.165, 1.54) is 30.2 Å². The highest BCUT2D eigenvalue weighted by molar-refractivity contribution is 8.01. The minimum absolute atomic E-state index is 0.167. The van der Waals surface area contributed by atoms with E-state index in [0.29, 0.717) is 33.9 Å². The normalized spacial score (nSPS) is 10.3. The number of thioether (sulfide) groups is 1. The number of amides is 1. The van der Waals surface area contributed by atoms with Crippen LogP contribution in [0.1, 0.15) is 10.4 Å². The van der Waals surface area contributed by atoms with Crippen molar-refractivity contribution in [2.45, 2.75) is 4.34 Å². The molecule has 1 aromatic carbocycles. The number of methoxy groups -OCH3 is 2. The van der Waals surface area contributed by atoms with E-state index in [2.05, 4.69) is 25.6 Å². The van der Waals surface area contributed by atoms with Crippen LogP contribution in [0.4, 0.5) is 10.8 Å². The second kappa shape index (κ2) is 9.97. The average Bonchev–Trinajstić information content (AvgIpc) is 3.08. The average molecular weight is 382 g/mol. The Labute approximate surface area is 153 Å². The van der Waals surface area contributed by atoms with Gasteiger partial charge in [-0.2, -0.15) is 0 Å².